The molecule has 3 nitrogen and oxygen atoms in total. The standard InChI is InChI=1S/C18H30N2O/c1-14-9-15(2)13-20(12-14)8-4-7-18(21)17-6-3-5-16(10-17)11-19/h3,5-6,10,14-15,18,21H,4,7-9,11-13,19H2,1-2H3. The molecule has 1 aliphatic rings. The second kappa shape index (κ2) is 7.92. The summed E-state index contributed by atoms with van der Waals surface area (Å²) in [5.74, 6) is 1.61. The van der Waals surface area contributed by atoms with Crippen molar-refractivity contribution in [2.24, 2.45) is 17.6 Å². The number of benzene rings is 1. The molecule has 118 valence electrons. The van der Waals surface area contributed by atoms with Crippen molar-refractivity contribution in [3.05, 3.63) is 35.4 Å². The molecule has 0 aliphatic carbocycles. The van der Waals surface area contributed by atoms with E-state index in [1.165, 1.54) is 19.5 Å². The van der Waals surface area contributed by atoms with Gasteiger partial charge in [0.2, 0.25) is 0 Å². The largest absolute Gasteiger partial charge is 0.388 e. The van der Waals surface area contributed by atoms with Crippen LogP contribution in [0.5, 0.6) is 0 Å². The number of likely N-dealkylation sites (tertiary alicyclic amines) is 1. The van der Waals surface area contributed by atoms with Crippen LogP contribution in [-0.4, -0.2) is 29.6 Å². The Balaban J connectivity index is 1.77. The lowest BCUT2D eigenvalue weighted by Gasteiger charge is -2.35. The van der Waals surface area contributed by atoms with E-state index in [9.17, 15) is 5.11 Å². The Labute approximate surface area is 129 Å². The predicted octanol–water partition coefficient (Wildman–Crippen LogP) is 2.94. The normalized spacial score (nSPS) is 25.0. The van der Waals surface area contributed by atoms with Crippen molar-refractivity contribution in [1.82, 2.24) is 4.90 Å². The number of aliphatic hydroxyl groups is 1. The monoisotopic (exact) mass is 290 g/mol. The van der Waals surface area contributed by atoms with Crippen molar-refractivity contribution in [2.45, 2.75) is 45.8 Å². The molecule has 1 aliphatic heterocycles. The summed E-state index contributed by atoms with van der Waals surface area (Å²) in [6.45, 7) is 8.74. The second-order valence-corrected chi connectivity index (χ2v) is 6.81. The van der Waals surface area contributed by atoms with Gasteiger partial charge in [-0.1, -0.05) is 38.1 Å². The maximum absolute atomic E-state index is 10.3. The zero-order valence-corrected chi connectivity index (χ0v) is 13.5. The highest BCUT2D eigenvalue weighted by atomic mass is 16.3. The molecule has 0 bridgehead atoms. The predicted molar refractivity (Wildman–Crippen MR) is 87.9 cm³/mol. The van der Waals surface area contributed by atoms with Gasteiger partial charge in [0.05, 0.1) is 6.10 Å². The van der Waals surface area contributed by atoms with Gasteiger partial charge in [-0.2, -0.15) is 0 Å². The van der Waals surface area contributed by atoms with Crippen LogP contribution in [0.3, 0.4) is 0 Å². The maximum atomic E-state index is 10.3. The first-order chi connectivity index (χ1) is 10.1. The van der Waals surface area contributed by atoms with Gasteiger partial charge in [0.25, 0.3) is 0 Å². The molecule has 1 aromatic rings. The van der Waals surface area contributed by atoms with Crippen LogP contribution in [0.25, 0.3) is 0 Å². The van der Waals surface area contributed by atoms with Crippen LogP contribution < -0.4 is 5.73 Å². The highest BCUT2D eigenvalue weighted by Gasteiger charge is 2.21. The van der Waals surface area contributed by atoms with E-state index in [1.54, 1.807) is 0 Å². The number of hydrogen-bond acceptors (Lipinski definition) is 3. The fourth-order valence-corrected chi connectivity index (χ4v) is 3.58. The Bertz CT molecular complexity index is 425. The zero-order chi connectivity index (χ0) is 15.2. The van der Waals surface area contributed by atoms with Crippen molar-refractivity contribution < 1.29 is 5.11 Å². The van der Waals surface area contributed by atoms with Crippen LogP contribution in [0.4, 0.5) is 0 Å². The van der Waals surface area contributed by atoms with E-state index in [-0.39, 0.29) is 6.10 Å². The van der Waals surface area contributed by atoms with Gasteiger partial charge in [0.15, 0.2) is 0 Å². The highest BCUT2D eigenvalue weighted by Crippen LogP contribution is 2.23. The molecule has 21 heavy (non-hydrogen) atoms. The first-order valence-electron chi connectivity index (χ1n) is 8.27. The Morgan fingerprint density at radius 3 is 2.67 bits per heavy atom. The van der Waals surface area contributed by atoms with E-state index in [0.717, 1.165) is 42.3 Å². The average molecular weight is 290 g/mol. The molecule has 3 heteroatoms. The van der Waals surface area contributed by atoms with Crippen molar-refractivity contribution in [2.75, 3.05) is 19.6 Å². The van der Waals surface area contributed by atoms with Gasteiger partial charge < -0.3 is 15.7 Å². The van der Waals surface area contributed by atoms with Crippen LogP contribution in [-0.2, 0) is 6.54 Å². The molecule has 0 aromatic heterocycles. The first-order valence-corrected chi connectivity index (χ1v) is 8.27. The number of aliphatic hydroxyl groups excluding tert-OH is 1. The minimum absolute atomic E-state index is 0.365. The number of nitrogens with zero attached hydrogens (tertiary/aromatic N) is 1. The topological polar surface area (TPSA) is 49.5 Å². The fourth-order valence-electron chi connectivity index (χ4n) is 3.58. The van der Waals surface area contributed by atoms with Crippen molar-refractivity contribution in [1.29, 1.82) is 0 Å². The molecule has 3 unspecified atom stereocenters. The molecule has 2 rings (SSSR count). The van der Waals surface area contributed by atoms with Crippen LogP contribution >= 0.6 is 0 Å². The number of piperidine rings is 1. The number of hydrogen-bond donors (Lipinski definition) is 2. The van der Waals surface area contributed by atoms with Gasteiger partial charge in [0.1, 0.15) is 0 Å². The van der Waals surface area contributed by atoms with Gasteiger partial charge >= 0.3 is 0 Å². The minimum Gasteiger partial charge on any atom is -0.388 e. The summed E-state index contributed by atoms with van der Waals surface area (Å²) in [7, 11) is 0. The lowest BCUT2D eigenvalue weighted by molar-refractivity contribution is 0.121. The third-order valence-corrected chi connectivity index (χ3v) is 4.47. The van der Waals surface area contributed by atoms with E-state index >= 15 is 0 Å². The SMILES string of the molecule is CC1CC(C)CN(CCCC(O)c2cccc(CN)c2)C1. The summed E-state index contributed by atoms with van der Waals surface area (Å²) >= 11 is 0. The Hall–Kier alpha value is -0.900. The first kappa shape index (κ1) is 16.5. The fraction of sp³-hybridized carbons (Fsp3) is 0.667. The number of rotatable bonds is 6. The molecule has 0 spiro atoms. The Morgan fingerprint density at radius 2 is 2.00 bits per heavy atom. The van der Waals surface area contributed by atoms with E-state index in [2.05, 4.69) is 18.7 Å². The Kier molecular flexibility index (Phi) is 6.22. The lowest BCUT2D eigenvalue weighted by atomic mass is 9.91. The second-order valence-electron chi connectivity index (χ2n) is 6.81. The van der Waals surface area contributed by atoms with Crippen molar-refractivity contribution in [3.8, 4) is 0 Å². The molecule has 3 atom stereocenters. The zero-order valence-electron chi connectivity index (χ0n) is 13.5. The van der Waals surface area contributed by atoms with Crippen LogP contribution in [0, 0.1) is 11.8 Å². The molecule has 0 radical (unpaired) electrons. The molecule has 0 saturated carbocycles. The molecule has 3 N–H and O–H groups in total. The van der Waals surface area contributed by atoms with Gasteiger partial charge in [-0.15, -0.1) is 0 Å². The van der Waals surface area contributed by atoms with Gasteiger partial charge in [-0.25, -0.2) is 0 Å². The van der Waals surface area contributed by atoms with E-state index in [0.29, 0.717) is 6.54 Å². The molecule has 1 aromatic carbocycles. The summed E-state index contributed by atoms with van der Waals surface area (Å²) in [4.78, 5) is 2.56. The van der Waals surface area contributed by atoms with Crippen LogP contribution in [0.15, 0.2) is 24.3 Å². The van der Waals surface area contributed by atoms with Crippen LogP contribution in [0.1, 0.15) is 50.3 Å². The molecule has 1 fully saturated rings. The van der Waals surface area contributed by atoms with Gasteiger partial charge in [-0.3, -0.25) is 0 Å². The lowest BCUT2D eigenvalue weighted by Crippen LogP contribution is -2.39. The molecular weight excluding hydrogens is 260 g/mol. The Morgan fingerprint density at radius 1 is 1.29 bits per heavy atom. The molecule has 0 amide bonds. The summed E-state index contributed by atoms with van der Waals surface area (Å²) in [5, 5.41) is 10.3. The smallest absolute Gasteiger partial charge is 0.0790 e. The maximum Gasteiger partial charge on any atom is 0.0790 e. The summed E-state index contributed by atoms with van der Waals surface area (Å²) in [5.41, 5.74) is 7.74. The van der Waals surface area contributed by atoms with Crippen molar-refractivity contribution >= 4 is 0 Å². The minimum atomic E-state index is -0.365. The third-order valence-electron chi connectivity index (χ3n) is 4.47. The van der Waals surface area contributed by atoms with Crippen molar-refractivity contribution in [3.63, 3.8) is 0 Å². The average Bonchev–Trinajstić information content (AvgIpc) is 2.46. The summed E-state index contributed by atoms with van der Waals surface area (Å²) in [6.07, 6.45) is 2.86. The summed E-state index contributed by atoms with van der Waals surface area (Å²) in [6, 6.07) is 8.01. The molecule has 1 saturated heterocycles. The van der Waals surface area contributed by atoms with E-state index < -0.39 is 0 Å². The van der Waals surface area contributed by atoms with Gasteiger partial charge in [-0.05, 0) is 48.8 Å². The third kappa shape index (κ3) is 5.10. The van der Waals surface area contributed by atoms with Gasteiger partial charge in [0, 0.05) is 19.6 Å². The summed E-state index contributed by atoms with van der Waals surface area (Å²) < 4.78 is 0. The number of nitrogens with two attached hydrogens (primary N) is 1. The highest BCUT2D eigenvalue weighted by molar-refractivity contribution is 5.24. The van der Waals surface area contributed by atoms with E-state index in [1.807, 2.05) is 24.3 Å². The van der Waals surface area contributed by atoms with E-state index in [4.69, 9.17) is 5.73 Å². The molecular formula is C18H30N2O. The van der Waals surface area contributed by atoms with Crippen LogP contribution in [0.2, 0.25) is 0 Å². The quantitative estimate of drug-likeness (QED) is 0.847. The molecule has 1 heterocycles.